The van der Waals surface area contributed by atoms with Crippen LogP contribution in [0.5, 0.6) is 0 Å². The maximum Gasteiger partial charge on any atom is 0.451 e. The minimum Gasteiger partial charge on any atom is -0.481 e. The predicted molar refractivity (Wildman–Crippen MR) is 89.7 cm³/mol. The van der Waals surface area contributed by atoms with Crippen molar-refractivity contribution in [2.24, 2.45) is 17.6 Å². The molecule has 0 radical (unpaired) electrons. The monoisotopic (exact) mass is 330 g/mol. The topological polar surface area (TPSA) is 124 Å². The number of carboxylic acid groups (broad SMARTS) is 1. The second-order valence-electron chi connectivity index (χ2n) is 6.16. The van der Waals surface area contributed by atoms with Gasteiger partial charge < -0.3 is 25.8 Å². The molecule has 5 N–H and O–H groups in total. The fraction of sp³-hybridized carbons (Fsp3) is 0.867. The Kier molecular flexibility index (Phi) is 10.9. The van der Waals surface area contributed by atoms with E-state index in [1.165, 1.54) is 0 Å². The Bertz CT molecular complexity index is 368. The number of aliphatic carboxylic acids is 1. The van der Waals surface area contributed by atoms with Crippen LogP contribution in [-0.2, 0) is 9.59 Å². The normalized spacial score (nSPS) is 14.9. The summed E-state index contributed by atoms with van der Waals surface area (Å²) in [4.78, 5) is 25.1. The molecule has 0 heterocycles. The van der Waals surface area contributed by atoms with E-state index in [-0.39, 0.29) is 30.5 Å². The molecule has 0 aliphatic carbocycles. The molecule has 0 aliphatic rings. The lowest BCUT2D eigenvalue weighted by Crippen LogP contribution is -2.48. The lowest BCUT2D eigenvalue weighted by Gasteiger charge is -2.30. The van der Waals surface area contributed by atoms with Crippen LogP contribution in [0.15, 0.2) is 0 Å². The van der Waals surface area contributed by atoms with Gasteiger partial charge in [0.25, 0.3) is 0 Å². The van der Waals surface area contributed by atoms with Gasteiger partial charge in [-0.25, -0.2) is 0 Å². The number of nitrogens with zero attached hydrogens (tertiary/aromatic N) is 1. The van der Waals surface area contributed by atoms with Crippen molar-refractivity contribution < 1.29 is 24.7 Å². The zero-order valence-corrected chi connectivity index (χ0v) is 14.4. The molecule has 8 heteroatoms. The van der Waals surface area contributed by atoms with Crippen LogP contribution in [0.1, 0.15) is 46.5 Å². The van der Waals surface area contributed by atoms with Crippen LogP contribution >= 0.6 is 0 Å². The summed E-state index contributed by atoms with van der Waals surface area (Å²) in [5.41, 5.74) is 5.99. The van der Waals surface area contributed by atoms with E-state index in [4.69, 9.17) is 20.9 Å². The molecule has 7 nitrogen and oxygen atoms in total. The quantitative estimate of drug-likeness (QED) is 0.387. The van der Waals surface area contributed by atoms with Gasteiger partial charge in [0.05, 0.1) is 6.04 Å². The van der Waals surface area contributed by atoms with Crippen molar-refractivity contribution in [2.75, 3.05) is 13.1 Å². The summed E-state index contributed by atoms with van der Waals surface area (Å²) in [7, 11) is -1.39. The van der Waals surface area contributed by atoms with Crippen LogP contribution in [0.4, 0.5) is 0 Å². The molecule has 0 aromatic heterocycles. The summed E-state index contributed by atoms with van der Waals surface area (Å²) < 4.78 is 0. The minimum atomic E-state index is -1.39. The molecule has 0 aliphatic heterocycles. The molecular weight excluding hydrogens is 299 g/mol. The SMILES string of the molecule is CC[C@H](C)[C@H](N)C(=O)N(CC)CC(CCCB(O)O)CC(=O)O. The number of amides is 1. The Morgan fingerprint density at radius 1 is 1.26 bits per heavy atom. The molecule has 0 aromatic rings. The van der Waals surface area contributed by atoms with Gasteiger partial charge in [-0.15, -0.1) is 0 Å². The van der Waals surface area contributed by atoms with Crippen molar-refractivity contribution in [1.29, 1.82) is 0 Å². The largest absolute Gasteiger partial charge is 0.481 e. The molecule has 23 heavy (non-hydrogen) atoms. The first-order valence-electron chi connectivity index (χ1n) is 8.35. The van der Waals surface area contributed by atoms with Gasteiger partial charge in [-0.1, -0.05) is 26.7 Å². The van der Waals surface area contributed by atoms with Crippen molar-refractivity contribution >= 4 is 19.0 Å². The van der Waals surface area contributed by atoms with E-state index in [0.29, 0.717) is 25.9 Å². The highest BCUT2D eigenvalue weighted by Crippen LogP contribution is 2.17. The highest BCUT2D eigenvalue weighted by molar-refractivity contribution is 6.40. The first-order chi connectivity index (χ1) is 10.7. The van der Waals surface area contributed by atoms with Crippen LogP contribution in [-0.4, -0.2) is 58.2 Å². The zero-order chi connectivity index (χ0) is 18.0. The molecule has 3 atom stereocenters. The third-order valence-electron chi connectivity index (χ3n) is 4.25. The maximum absolute atomic E-state index is 12.5. The number of rotatable bonds is 12. The first-order valence-corrected chi connectivity index (χ1v) is 8.35. The first kappa shape index (κ1) is 21.9. The molecule has 0 spiro atoms. The average molecular weight is 330 g/mol. The lowest BCUT2D eigenvalue weighted by atomic mass is 9.81. The van der Waals surface area contributed by atoms with E-state index in [1.807, 2.05) is 20.8 Å². The third-order valence-corrected chi connectivity index (χ3v) is 4.25. The summed E-state index contributed by atoms with van der Waals surface area (Å²) in [6.07, 6.45) is 1.97. The van der Waals surface area contributed by atoms with Gasteiger partial charge in [-0.3, -0.25) is 9.59 Å². The van der Waals surface area contributed by atoms with Crippen molar-refractivity contribution in [3.63, 3.8) is 0 Å². The summed E-state index contributed by atoms with van der Waals surface area (Å²) in [5.74, 6) is -1.23. The summed E-state index contributed by atoms with van der Waals surface area (Å²) in [5, 5.41) is 26.8. The number of likely N-dealkylation sites (N-methyl/N-ethyl adjacent to an activating group) is 1. The Balaban J connectivity index is 4.75. The molecule has 0 bridgehead atoms. The lowest BCUT2D eigenvalue weighted by molar-refractivity contribution is -0.140. The second-order valence-corrected chi connectivity index (χ2v) is 6.16. The molecule has 1 amide bonds. The van der Waals surface area contributed by atoms with Gasteiger partial charge >= 0.3 is 13.1 Å². The van der Waals surface area contributed by atoms with Crippen LogP contribution in [0.3, 0.4) is 0 Å². The Morgan fingerprint density at radius 2 is 1.87 bits per heavy atom. The maximum atomic E-state index is 12.5. The van der Waals surface area contributed by atoms with Gasteiger partial charge in [0.1, 0.15) is 0 Å². The van der Waals surface area contributed by atoms with Crippen molar-refractivity contribution in [1.82, 2.24) is 4.90 Å². The van der Waals surface area contributed by atoms with Crippen LogP contribution < -0.4 is 5.73 Å². The number of hydrogen-bond donors (Lipinski definition) is 4. The molecule has 134 valence electrons. The Hall–Kier alpha value is -1.12. The fourth-order valence-corrected chi connectivity index (χ4v) is 2.49. The highest BCUT2D eigenvalue weighted by Gasteiger charge is 2.26. The highest BCUT2D eigenvalue weighted by atomic mass is 16.4. The van der Waals surface area contributed by atoms with E-state index in [2.05, 4.69) is 0 Å². The van der Waals surface area contributed by atoms with E-state index < -0.39 is 19.1 Å². The predicted octanol–water partition coefficient (Wildman–Crippen LogP) is 0.552. The summed E-state index contributed by atoms with van der Waals surface area (Å²) >= 11 is 0. The van der Waals surface area contributed by atoms with E-state index in [0.717, 1.165) is 6.42 Å². The number of carbonyl (C=O) groups excluding carboxylic acids is 1. The molecule has 0 rings (SSSR count). The Morgan fingerprint density at radius 3 is 2.30 bits per heavy atom. The number of carbonyl (C=O) groups is 2. The van der Waals surface area contributed by atoms with E-state index in [1.54, 1.807) is 4.90 Å². The molecular formula is C15H31BN2O5. The zero-order valence-electron chi connectivity index (χ0n) is 14.4. The van der Waals surface area contributed by atoms with Crippen molar-refractivity contribution in [3.05, 3.63) is 0 Å². The molecule has 0 saturated carbocycles. The second kappa shape index (κ2) is 11.4. The van der Waals surface area contributed by atoms with Gasteiger partial charge in [0.2, 0.25) is 5.91 Å². The summed E-state index contributed by atoms with van der Waals surface area (Å²) in [6, 6.07) is -0.579. The van der Waals surface area contributed by atoms with Gasteiger partial charge in [0, 0.05) is 19.5 Å². The minimum absolute atomic E-state index is 0.0517. The van der Waals surface area contributed by atoms with Gasteiger partial charge in [0.15, 0.2) is 0 Å². The Labute approximate surface area is 139 Å². The molecule has 0 fully saturated rings. The number of hydrogen-bond acceptors (Lipinski definition) is 5. The molecule has 0 aromatic carbocycles. The van der Waals surface area contributed by atoms with Gasteiger partial charge in [-0.05, 0) is 31.5 Å². The smallest absolute Gasteiger partial charge is 0.451 e. The van der Waals surface area contributed by atoms with Crippen LogP contribution in [0, 0.1) is 11.8 Å². The van der Waals surface area contributed by atoms with E-state index >= 15 is 0 Å². The number of carboxylic acids is 1. The standard InChI is InChI=1S/C15H31BN2O5/c1-4-11(3)14(17)15(21)18(5-2)10-12(9-13(19)20)7-6-8-16(22)23/h11-12,14,22-23H,4-10,17H2,1-3H3,(H,19,20)/t11-,12?,14-/m0/s1. The van der Waals surface area contributed by atoms with E-state index in [9.17, 15) is 9.59 Å². The fourth-order valence-electron chi connectivity index (χ4n) is 2.49. The average Bonchev–Trinajstić information content (AvgIpc) is 2.49. The van der Waals surface area contributed by atoms with Crippen molar-refractivity contribution in [3.8, 4) is 0 Å². The summed E-state index contributed by atoms with van der Waals surface area (Å²) in [6.45, 7) is 6.54. The number of nitrogens with two attached hydrogens (primary N) is 1. The molecule has 0 saturated heterocycles. The third kappa shape index (κ3) is 8.93. The molecule has 1 unspecified atom stereocenters. The van der Waals surface area contributed by atoms with Gasteiger partial charge in [-0.2, -0.15) is 0 Å². The van der Waals surface area contributed by atoms with Crippen molar-refractivity contribution in [2.45, 2.75) is 58.8 Å². The van der Waals surface area contributed by atoms with Crippen LogP contribution in [0.25, 0.3) is 0 Å². The van der Waals surface area contributed by atoms with Crippen LogP contribution in [0.2, 0.25) is 6.32 Å².